The van der Waals surface area contributed by atoms with E-state index in [1.165, 1.54) is 0 Å². The largest absolute Gasteiger partial charge is 0.508 e. The van der Waals surface area contributed by atoms with E-state index in [0.29, 0.717) is 0 Å². The van der Waals surface area contributed by atoms with Crippen molar-refractivity contribution in [3.63, 3.8) is 0 Å². The van der Waals surface area contributed by atoms with E-state index >= 15 is 0 Å². The van der Waals surface area contributed by atoms with E-state index in [1.807, 2.05) is 13.0 Å². The molecule has 0 fully saturated rings. The lowest BCUT2D eigenvalue weighted by Gasteiger charge is -1.95. The third-order valence-corrected chi connectivity index (χ3v) is 1.26. The number of nitrogens with two attached hydrogens (primary N) is 1. The third kappa shape index (κ3) is 2.34. The fraction of sp³-hybridized carbons (Fsp3) is 0.111. The van der Waals surface area contributed by atoms with Crippen molar-refractivity contribution in [3.05, 3.63) is 35.5 Å². The summed E-state index contributed by atoms with van der Waals surface area (Å²) in [6.45, 7) is 1.81. The molecule has 3 N–H and O–H groups in total. The Morgan fingerprint density at radius 2 is 2.27 bits per heavy atom. The van der Waals surface area contributed by atoms with E-state index in [1.54, 1.807) is 24.3 Å². The van der Waals surface area contributed by atoms with Crippen molar-refractivity contribution in [2.75, 3.05) is 0 Å². The molecular formula is C9H11NO. The predicted octanol–water partition coefficient (Wildman–Crippen LogP) is 1.71. The molecule has 0 saturated heterocycles. The average Bonchev–Trinajstić information content (AvgIpc) is 1.85. The predicted molar refractivity (Wildman–Crippen MR) is 45.9 cm³/mol. The van der Waals surface area contributed by atoms with Crippen molar-refractivity contribution in [1.29, 1.82) is 0 Å². The zero-order chi connectivity index (χ0) is 8.27. The maximum Gasteiger partial charge on any atom is 0.116 e. The normalized spacial score (nSPS) is 11.5. The summed E-state index contributed by atoms with van der Waals surface area (Å²) < 4.78 is 0. The molecule has 0 saturated carbocycles. The smallest absolute Gasteiger partial charge is 0.116 e. The Hall–Kier alpha value is -1.44. The van der Waals surface area contributed by atoms with Crippen LogP contribution in [-0.2, 0) is 0 Å². The number of phenols is 1. The quantitative estimate of drug-likeness (QED) is 0.638. The first-order chi connectivity index (χ1) is 5.18. The van der Waals surface area contributed by atoms with Crippen LogP contribution in [-0.4, -0.2) is 5.11 Å². The van der Waals surface area contributed by atoms with Gasteiger partial charge in [0, 0.05) is 5.70 Å². The van der Waals surface area contributed by atoms with Gasteiger partial charge < -0.3 is 10.8 Å². The van der Waals surface area contributed by atoms with Gasteiger partial charge in [-0.2, -0.15) is 0 Å². The highest BCUT2D eigenvalue weighted by molar-refractivity contribution is 5.53. The van der Waals surface area contributed by atoms with Crippen LogP contribution >= 0.6 is 0 Å². The Morgan fingerprint density at radius 3 is 2.82 bits per heavy atom. The minimum absolute atomic E-state index is 0.264. The number of benzene rings is 1. The lowest BCUT2D eigenvalue weighted by molar-refractivity contribution is 0.475. The first-order valence-corrected chi connectivity index (χ1v) is 3.41. The van der Waals surface area contributed by atoms with Crippen LogP contribution < -0.4 is 5.73 Å². The number of hydrogen-bond acceptors (Lipinski definition) is 2. The summed E-state index contributed by atoms with van der Waals surface area (Å²) in [7, 11) is 0. The second-order valence-electron chi connectivity index (χ2n) is 2.48. The Balaban J connectivity index is 2.97. The topological polar surface area (TPSA) is 46.2 Å². The molecule has 2 nitrogen and oxygen atoms in total. The molecule has 0 spiro atoms. The van der Waals surface area contributed by atoms with Crippen LogP contribution in [0.1, 0.15) is 12.5 Å². The maximum absolute atomic E-state index is 9.06. The van der Waals surface area contributed by atoms with Gasteiger partial charge in [-0.15, -0.1) is 0 Å². The molecule has 1 aromatic carbocycles. The lowest BCUT2D eigenvalue weighted by Crippen LogP contribution is -1.88. The molecule has 0 radical (unpaired) electrons. The number of aromatic hydroxyl groups is 1. The fourth-order valence-corrected chi connectivity index (χ4v) is 0.877. The standard InChI is InChI=1S/C9H11NO/c1-7(10)5-8-3-2-4-9(11)6-8/h2-6,11H,10H2,1H3/b7-5-. The van der Waals surface area contributed by atoms with Gasteiger partial charge in [-0.05, 0) is 30.7 Å². The minimum Gasteiger partial charge on any atom is -0.508 e. The molecule has 1 rings (SSSR count). The number of allylic oxidation sites excluding steroid dienone is 1. The van der Waals surface area contributed by atoms with E-state index in [9.17, 15) is 0 Å². The van der Waals surface area contributed by atoms with Crippen molar-refractivity contribution in [1.82, 2.24) is 0 Å². The summed E-state index contributed by atoms with van der Waals surface area (Å²) in [6.07, 6.45) is 1.81. The highest BCUT2D eigenvalue weighted by Gasteiger charge is 1.89. The summed E-state index contributed by atoms with van der Waals surface area (Å²) in [6, 6.07) is 6.96. The van der Waals surface area contributed by atoms with Gasteiger partial charge in [0.1, 0.15) is 5.75 Å². The van der Waals surface area contributed by atoms with Gasteiger partial charge in [0.25, 0.3) is 0 Å². The molecule has 0 heterocycles. The van der Waals surface area contributed by atoms with Crippen LogP contribution in [0.2, 0.25) is 0 Å². The molecule has 0 aromatic heterocycles. The maximum atomic E-state index is 9.06. The molecule has 0 atom stereocenters. The van der Waals surface area contributed by atoms with Crippen LogP contribution in [0.15, 0.2) is 30.0 Å². The zero-order valence-electron chi connectivity index (χ0n) is 6.41. The molecule has 0 aliphatic rings. The van der Waals surface area contributed by atoms with Gasteiger partial charge >= 0.3 is 0 Å². The summed E-state index contributed by atoms with van der Waals surface area (Å²) in [5, 5.41) is 9.06. The first kappa shape index (κ1) is 7.66. The SMILES string of the molecule is C/C(N)=C/c1cccc(O)c1. The van der Waals surface area contributed by atoms with Gasteiger partial charge in [-0.25, -0.2) is 0 Å². The van der Waals surface area contributed by atoms with Crippen LogP contribution in [0.3, 0.4) is 0 Å². The van der Waals surface area contributed by atoms with Crippen molar-refractivity contribution in [2.45, 2.75) is 6.92 Å². The van der Waals surface area contributed by atoms with Crippen molar-refractivity contribution in [3.8, 4) is 5.75 Å². The summed E-state index contributed by atoms with van der Waals surface area (Å²) in [5.41, 5.74) is 7.11. The van der Waals surface area contributed by atoms with Crippen LogP contribution in [0, 0.1) is 0 Å². The van der Waals surface area contributed by atoms with Gasteiger partial charge in [-0.3, -0.25) is 0 Å². The van der Waals surface area contributed by atoms with Crippen LogP contribution in [0.4, 0.5) is 0 Å². The molecule has 0 bridgehead atoms. The Labute approximate surface area is 66.0 Å². The second kappa shape index (κ2) is 3.10. The number of hydrogen-bond donors (Lipinski definition) is 2. The summed E-state index contributed by atoms with van der Waals surface area (Å²) in [4.78, 5) is 0. The van der Waals surface area contributed by atoms with Crippen LogP contribution in [0.5, 0.6) is 5.75 Å². The summed E-state index contributed by atoms with van der Waals surface area (Å²) in [5.74, 6) is 0.264. The number of rotatable bonds is 1. The van der Waals surface area contributed by atoms with Gasteiger partial charge in [0.05, 0.1) is 0 Å². The Kier molecular flexibility index (Phi) is 2.16. The highest BCUT2D eigenvalue weighted by Crippen LogP contribution is 2.12. The zero-order valence-corrected chi connectivity index (χ0v) is 6.41. The van der Waals surface area contributed by atoms with E-state index in [4.69, 9.17) is 10.8 Å². The first-order valence-electron chi connectivity index (χ1n) is 3.41. The van der Waals surface area contributed by atoms with Crippen molar-refractivity contribution >= 4 is 6.08 Å². The number of phenolic OH excluding ortho intramolecular Hbond substituents is 1. The van der Waals surface area contributed by atoms with Gasteiger partial charge in [0.15, 0.2) is 0 Å². The molecule has 0 aliphatic carbocycles. The molecule has 0 unspecified atom stereocenters. The molecule has 2 heteroatoms. The van der Waals surface area contributed by atoms with Crippen molar-refractivity contribution in [2.24, 2.45) is 5.73 Å². The van der Waals surface area contributed by atoms with Gasteiger partial charge in [-0.1, -0.05) is 12.1 Å². The Bertz CT molecular complexity index is 275. The van der Waals surface area contributed by atoms with E-state index < -0.39 is 0 Å². The minimum atomic E-state index is 0.264. The van der Waals surface area contributed by atoms with Gasteiger partial charge in [0.2, 0.25) is 0 Å². The highest BCUT2D eigenvalue weighted by atomic mass is 16.3. The monoisotopic (exact) mass is 149 g/mol. The third-order valence-electron chi connectivity index (χ3n) is 1.26. The second-order valence-corrected chi connectivity index (χ2v) is 2.48. The van der Waals surface area contributed by atoms with E-state index in [-0.39, 0.29) is 5.75 Å². The van der Waals surface area contributed by atoms with E-state index in [0.717, 1.165) is 11.3 Å². The average molecular weight is 149 g/mol. The molecule has 1 aromatic rings. The Morgan fingerprint density at radius 1 is 1.55 bits per heavy atom. The fourth-order valence-electron chi connectivity index (χ4n) is 0.877. The molecule has 0 aliphatic heterocycles. The molecular weight excluding hydrogens is 138 g/mol. The molecule has 0 amide bonds. The van der Waals surface area contributed by atoms with Crippen molar-refractivity contribution < 1.29 is 5.11 Å². The lowest BCUT2D eigenvalue weighted by atomic mass is 10.2. The molecule has 11 heavy (non-hydrogen) atoms. The molecule has 58 valence electrons. The summed E-state index contributed by atoms with van der Waals surface area (Å²) >= 11 is 0. The van der Waals surface area contributed by atoms with E-state index in [2.05, 4.69) is 0 Å². The van der Waals surface area contributed by atoms with Crippen LogP contribution in [0.25, 0.3) is 6.08 Å².